The first-order valence-corrected chi connectivity index (χ1v) is 14.7. The average molecular weight is 582 g/mol. The highest BCUT2D eigenvalue weighted by Gasteiger charge is 2.50. The number of hydrogen-bond acceptors (Lipinski definition) is 8. The number of carboxylic acid groups (broad SMARTS) is 1. The summed E-state index contributed by atoms with van der Waals surface area (Å²) in [4.78, 5) is 38.2. The molecule has 3 aliphatic heterocycles. The number of aromatic carboxylic acids is 1. The Labute approximate surface area is 249 Å². The third-order valence-corrected chi connectivity index (χ3v) is 9.39. The molecule has 0 aliphatic carbocycles. The number of aromatic nitrogens is 4. The number of hydrogen-bond donors (Lipinski definition) is 2. The van der Waals surface area contributed by atoms with Crippen LogP contribution in [-0.4, -0.2) is 86.9 Å². The zero-order valence-corrected chi connectivity index (χ0v) is 24.4. The van der Waals surface area contributed by atoms with Gasteiger partial charge in [-0.2, -0.15) is 0 Å². The molecule has 3 saturated heterocycles. The third kappa shape index (κ3) is 4.87. The molecule has 222 valence electrons. The van der Waals surface area contributed by atoms with Gasteiger partial charge in [-0.3, -0.25) is 4.79 Å². The lowest BCUT2D eigenvalue weighted by Gasteiger charge is -2.53. The molecule has 1 unspecified atom stereocenters. The minimum atomic E-state index is -1.07. The predicted octanol–water partition coefficient (Wildman–Crippen LogP) is 3.64. The first kappa shape index (κ1) is 27.3. The van der Waals surface area contributed by atoms with Gasteiger partial charge in [0.15, 0.2) is 11.3 Å². The van der Waals surface area contributed by atoms with E-state index in [0.717, 1.165) is 30.8 Å². The van der Waals surface area contributed by atoms with Gasteiger partial charge in [0.1, 0.15) is 5.82 Å². The number of pyridine rings is 2. The SMILES string of the molecule is Cc1cc(N2CC[C@](C)(c3ccccc3)C2)cn2nc(C(=O)N3CCC(Nc4cccc(C(=O)O)n4)C4(COC4)C3)nc12. The number of nitrogens with zero attached hydrogens (tertiary/aromatic N) is 6. The fourth-order valence-electron chi connectivity index (χ4n) is 6.82. The quantitative estimate of drug-likeness (QED) is 0.351. The first-order chi connectivity index (χ1) is 20.7. The number of carboxylic acids is 1. The van der Waals surface area contributed by atoms with Gasteiger partial charge in [-0.25, -0.2) is 19.3 Å². The Bertz CT molecular complexity index is 1700. The molecule has 2 N–H and O–H groups in total. The summed E-state index contributed by atoms with van der Waals surface area (Å²) in [7, 11) is 0. The van der Waals surface area contributed by atoms with E-state index in [4.69, 9.17) is 4.74 Å². The van der Waals surface area contributed by atoms with Crippen molar-refractivity contribution in [3.8, 4) is 0 Å². The number of ether oxygens (including phenoxy) is 1. The number of carbonyl (C=O) groups excluding carboxylic acids is 1. The highest BCUT2D eigenvalue weighted by molar-refractivity contribution is 5.91. The van der Waals surface area contributed by atoms with Crippen molar-refractivity contribution in [2.45, 2.75) is 38.1 Å². The second kappa shape index (κ2) is 10.3. The molecule has 0 saturated carbocycles. The smallest absolute Gasteiger partial charge is 0.354 e. The van der Waals surface area contributed by atoms with Gasteiger partial charge in [0.2, 0.25) is 5.82 Å². The normalized spacial score (nSPS) is 23.0. The topological polar surface area (TPSA) is 125 Å². The Kier molecular flexibility index (Phi) is 6.57. The van der Waals surface area contributed by atoms with Gasteiger partial charge in [-0.1, -0.05) is 43.3 Å². The first-order valence-electron chi connectivity index (χ1n) is 14.7. The van der Waals surface area contributed by atoms with Crippen molar-refractivity contribution in [3.63, 3.8) is 0 Å². The summed E-state index contributed by atoms with van der Waals surface area (Å²) in [5.41, 5.74) is 3.85. The molecule has 1 spiro atoms. The fourth-order valence-corrected chi connectivity index (χ4v) is 6.82. The number of fused-ring (bicyclic) bond motifs is 1. The van der Waals surface area contributed by atoms with Gasteiger partial charge < -0.3 is 25.0 Å². The number of aryl methyl sites for hydroxylation is 1. The lowest BCUT2D eigenvalue weighted by molar-refractivity contribution is -0.144. The zero-order valence-electron chi connectivity index (χ0n) is 24.4. The summed E-state index contributed by atoms with van der Waals surface area (Å²) < 4.78 is 7.36. The lowest BCUT2D eigenvalue weighted by atomic mass is 9.73. The van der Waals surface area contributed by atoms with E-state index in [9.17, 15) is 14.7 Å². The number of carbonyl (C=O) groups is 2. The van der Waals surface area contributed by atoms with Gasteiger partial charge in [0, 0.05) is 37.6 Å². The molecule has 11 heteroatoms. The van der Waals surface area contributed by atoms with Gasteiger partial charge in [0.05, 0.1) is 30.5 Å². The molecule has 3 fully saturated rings. The molecule has 11 nitrogen and oxygen atoms in total. The largest absolute Gasteiger partial charge is 0.477 e. The minimum Gasteiger partial charge on any atom is -0.477 e. The van der Waals surface area contributed by atoms with Crippen LogP contribution in [0.2, 0.25) is 0 Å². The monoisotopic (exact) mass is 581 g/mol. The lowest BCUT2D eigenvalue weighted by Crippen LogP contribution is -2.64. The van der Waals surface area contributed by atoms with Crippen molar-refractivity contribution < 1.29 is 19.4 Å². The highest BCUT2D eigenvalue weighted by atomic mass is 16.5. The van der Waals surface area contributed by atoms with E-state index in [2.05, 4.69) is 68.6 Å². The van der Waals surface area contributed by atoms with E-state index in [1.165, 1.54) is 11.6 Å². The fraction of sp³-hybridized carbons (Fsp3) is 0.406. The summed E-state index contributed by atoms with van der Waals surface area (Å²) in [5.74, 6) is -0.572. The molecule has 6 heterocycles. The van der Waals surface area contributed by atoms with Gasteiger partial charge in [0.25, 0.3) is 5.91 Å². The minimum absolute atomic E-state index is 0.0113. The van der Waals surface area contributed by atoms with Crippen LogP contribution in [0.1, 0.15) is 52.0 Å². The van der Waals surface area contributed by atoms with Crippen LogP contribution < -0.4 is 10.2 Å². The summed E-state index contributed by atoms with van der Waals surface area (Å²) in [6.07, 6.45) is 3.71. The number of amides is 1. The molecule has 7 rings (SSSR count). The van der Waals surface area contributed by atoms with Gasteiger partial charge in [-0.05, 0) is 49.1 Å². The number of piperidine rings is 1. The van der Waals surface area contributed by atoms with Crippen LogP contribution in [0.5, 0.6) is 0 Å². The number of anilines is 2. The van der Waals surface area contributed by atoms with Crippen LogP contribution in [0.4, 0.5) is 11.5 Å². The summed E-state index contributed by atoms with van der Waals surface area (Å²) in [6.45, 7) is 8.21. The van der Waals surface area contributed by atoms with E-state index in [1.807, 2.05) is 18.0 Å². The highest BCUT2D eigenvalue weighted by Crippen LogP contribution is 2.40. The Morgan fingerprint density at radius 3 is 2.60 bits per heavy atom. The van der Waals surface area contributed by atoms with Crippen LogP contribution in [0, 0.1) is 12.3 Å². The molecule has 1 amide bonds. The van der Waals surface area contributed by atoms with Crippen LogP contribution >= 0.6 is 0 Å². The summed E-state index contributed by atoms with van der Waals surface area (Å²) in [6, 6.07) is 17.7. The Balaban J connectivity index is 1.08. The molecule has 2 atom stereocenters. The van der Waals surface area contributed by atoms with Crippen molar-refractivity contribution in [2.75, 3.05) is 49.6 Å². The standard InChI is InChI=1S/C32H35N7O4/c1-21-15-23(37-14-12-31(2,17-37)22-7-4-3-5-8-22)16-39-28(21)35-27(36-39)29(40)38-13-11-25(32(18-38)19-43-20-32)34-26-10-6-9-24(33-26)30(41)42/h3-10,15-16,25H,11-14,17-20H2,1-2H3,(H,33,34)(H,41,42)/t25?,31-/m0/s1. The van der Waals surface area contributed by atoms with E-state index in [0.29, 0.717) is 44.2 Å². The summed E-state index contributed by atoms with van der Waals surface area (Å²) in [5, 5.41) is 17.4. The Morgan fingerprint density at radius 1 is 1.05 bits per heavy atom. The van der Waals surface area contributed by atoms with Gasteiger partial charge in [-0.15, -0.1) is 5.10 Å². The zero-order chi connectivity index (χ0) is 29.8. The molecule has 4 aromatic rings. The van der Waals surface area contributed by atoms with Crippen LogP contribution in [-0.2, 0) is 10.2 Å². The maximum Gasteiger partial charge on any atom is 0.354 e. The van der Waals surface area contributed by atoms with Crippen molar-refractivity contribution >= 4 is 29.0 Å². The van der Waals surface area contributed by atoms with Crippen LogP contribution in [0.25, 0.3) is 5.65 Å². The van der Waals surface area contributed by atoms with E-state index >= 15 is 0 Å². The molecule has 43 heavy (non-hydrogen) atoms. The Morgan fingerprint density at radius 2 is 1.86 bits per heavy atom. The number of nitrogens with one attached hydrogen (secondary N) is 1. The van der Waals surface area contributed by atoms with E-state index in [1.54, 1.807) is 16.6 Å². The van der Waals surface area contributed by atoms with Crippen LogP contribution in [0.3, 0.4) is 0 Å². The molecule has 1 aromatic carbocycles. The molecular weight excluding hydrogens is 546 g/mol. The number of benzene rings is 1. The molecule has 0 radical (unpaired) electrons. The number of likely N-dealkylation sites (tertiary alicyclic amines) is 1. The van der Waals surface area contributed by atoms with E-state index < -0.39 is 5.97 Å². The predicted molar refractivity (Wildman–Crippen MR) is 161 cm³/mol. The van der Waals surface area contributed by atoms with Crippen molar-refractivity contribution in [3.05, 3.63) is 83.4 Å². The third-order valence-electron chi connectivity index (χ3n) is 9.39. The van der Waals surface area contributed by atoms with Crippen molar-refractivity contribution in [2.24, 2.45) is 5.41 Å². The second-order valence-corrected chi connectivity index (χ2v) is 12.5. The average Bonchev–Trinajstić information content (AvgIpc) is 3.62. The maximum atomic E-state index is 13.7. The Hall–Kier alpha value is -4.51. The summed E-state index contributed by atoms with van der Waals surface area (Å²) >= 11 is 0. The molecule has 3 aliphatic rings. The molecule has 3 aromatic heterocycles. The van der Waals surface area contributed by atoms with E-state index in [-0.39, 0.29) is 34.3 Å². The van der Waals surface area contributed by atoms with Crippen molar-refractivity contribution in [1.82, 2.24) is 24.5 Å². The second-order valence-electron chi connectivity index (χ2n) is 12.5. The molecular formula is C32H35N7O4. The van der Waals surface area contributed by atoms with Crippen LogP contribution in [0.15, 0.2) is 60.8 Å². The van der Waals surface area contributed by atoms with Gasteiger partial charge >= 0.3 is 5.97 Å². The number of rotatable bonds is 6. The molecule has 0 bridgehead atoms. The van der Waals surface area contributed by atoms with Crippen molar-refractivity contribution in [1.29, 1.82) is 0 Å². The maximum absolute atomic E-state index is 13.7.